The third-order valence-corrected chi connectivity index (χ3v) is 4.51. The summed E-state index contributed by atoms with van der Waals surface area (Å²) in [6.07, 6.45) is 0. The SMILES string of the molecule is CC(Cl)C(C)(C)NC(=O)c1cc(I)ccc1Br. The number of hydrogen-bond acceptors (Lipinski definition) is 1. The molecule has 0 aliphatic heterocycles. The van der Waals surface area contributed by atoms with Gasteiger partial charge in [0.15, 0.2) is 0 Å². The molecule has 0 bridgehead atoms. The van der Waals surface area contributed by atoms with Gasteiger partial charge in [-0.3, -0.25) is 4.79 Å². The molecule has 0 aliphatic rings. The molecule has 94 valence electrons. The quantitative estimate of drug-likeness (QED) is 0.566. The first-order chi connectivity index (χ1) is 7.74. The predicted octanol–water partition coefficient (Wildman–Crippen LogP) is 4.19. The molecule has 0 aliphatic carbocycles. The van der Waals surface area contributed by atoms with Crippen LogP contribution in [-0.4, -0.2) is 16.8 Å². The molecule has 2 nitrogen and oxygen atoms in total. The lowest BCUT2D eigenvalue weighted by Crippen LogP contribution is -2.49. The van der Waals surface area contributed by atoms with E-state index in [1.165, 1.54) is 0 Å². The molecule has 1 aromatic carbocycles. The minimum absolute atomic E-state index is 0.118. The van der Waals surface area contributed by atoms with E-state index < -0.39 is 5.54 Å². The predicted molar refractivity (Wildman–Crippen MR) is 83.7 cm³/mol. The first-order valence-electron chi connectivity index (χ1n) is 5.15. The second-order valence-corrected chi connectivity index (χ2v) is 7.17. The Labute approximate surface area is 129 Å². The van der Waals surface area contributed by atoms with Gasteiger partial charge in [-0.15, -0.1) is 11.6 Å². The number of alkyl halides is 1. The summed E-state index contributed by atoms with van der Waals surface area (Å²) in [5, 5.41) is 2.79. The van der Waals surface area contributed by atoms with Crippen LogP contribution in [0.15, 0.2) is 22.7 Å². The summed E-state index contributed by atoms with van der Waals surface area (Å²) in [6, 6.07) is 5.65. The topological polar surface area (TPSA) is 29.1 Å². The van der Waals surface area contributed by atoms with Crippen LogP contribution in [0, 0.1) is 3.57 Å². The van der Waals surface area contributed by atoms with Crippen molar-refractivity contribution in [3.05, 3.63) is 31.8 Å². The Kier molecular flexibility index (Phi) is 5.28. The number of nitrogens with one attached hydrogen (secondary N) is 1. The fourth-order valence-electron chi connectivity index (χ4n) is 1.13. The van der Waals surface area contributed by atoms with Crippen molar-refractivity contribution in [2.75, 3.05) is 0 Å². The normalized spacial score (nSPS) is 13.3. The first kappa shape index (κ1) is 15.2. The molecule has 0 saturated carbocycles. The summed E-state index contributed by atoms with van der Waals surface area (Å²) in [5.41, 5.74) is 0.182. The van der Waals surface area contributed by atoms with Gasteiger partial charge in [0, 0.05) is 8.04 Å². The molecule has 1 amide bonds. The zero-order chi connectivity index (χ0) is 13.2. The lowest BCUT2D eigenvalue weighted by atomic mass is 10.0. The Balaban J connectivity index is 2.94. The van der Waals surface area contributed by atoms with E-state index in [-0.39, 0.29) is 11.3 Å². The van der Waals surface area contributed by atoms with E-state index in [1.807, 2.05) is 39.0 Å². The van der Waals surface area contributed by atoms with Crippen LogP contribution in [0.5, 0.6) is 0 Å². The molecule has 1 atom stereocenters. The van der Waals surface area contributed by atoms with Crippen LogP contribution < -0.4 is 5.32 Å². The van der Waals surface area contributed by atoms with E-state index in [0.29, 0.717) is 5.56 Å². The number of carbonyl (C=O) groups is 1. The number of amides is 1. The third-order valence-electron chi connectivity index (χ3n) is 2.60. The van der Waals surface area contributed by atoms with Gasteiger partial charge in [-0.1, -0.05) is 0 Å². The molecule has 1 aromatic rings. The molecule has 5 heteroatoms. The smallest absolute Gasteiger partial charge is 0.252 e. The van der Waals surface area contributed by atoms with Crippen LogP contribution >= 0.6 is 50.1 Å². The highest BCUT2D eigenvalue weighted by Crippen LogP contribution is 2.21. The van der Waals surface area contributed by atoms with E-state index in [4.69, 9.17) is 11.6 Å². The van der Waals surface area contributed by atoms with Crippen LogP contribution in [0.3, 0.4) is 0 Å². The highest BCUT2D eigenvalue weighted by molar-refractivity contribution is 14.1. The van der Waals surface area contributed by atoms with Gasteiger partial charge in [0.1, 0.15) is 0 Å². The van der Waals surface area contributed by atoms with Crippen molar-refractivity contribution in [2.45, 2.75) is 31.7 Å². The molecule has 0 saturated heterocycles. The number of benzene rings is 1. The molecule has 0 spiro atoms. The molecule has 0 radical (unpaired) electrons. The van der Waals surface area contributed by atoms with Crippen molar-refractivity contribution in [3.63, 3.8) is 0 Å². The number of rotatable bonds is 3. The highest BCUT2D eigenvalue weighted by atomic mass is 127. The Morgan fingerprint density at radius 1 is 1.53 bits per heavy atom. The fourth-order valence-corrected chi connectivity index (χ4v) is 2.10. The van der Waals surface area contributed by atoms with Crippen molar-refractivity contribution in [3.8, 4) is 0 Å². The Morgan fingerprint density at radius 3 is 2.65 bits per heavy atom. The van der Waals surface area contributed by atoms with E-state index >= 15 is 0 Å². The van der Waals surface area contributed by atoms with E-state index in [0.717, 1.165) is 8.04 Å². The van der Waals surface area contributed by atoms with E-state index in [2.05, 4.69) is 43.8 Å². The fraction of sp³-hybridized carbons (Fsp3) is 0.417. The van der Waals surface area contributed by atoms with Gasteiger partial charge in [-0.05, 0) is 77.5 Å². The van der Waals surface area contributed by atoms with Gasteiger partial charge < -0.3 is 5.32 Å². The summed E-state index contributed by atoms with van der Waals surface area (Å²) in [5.74, 6) is -0.118. The van der Waals surface area contributed by atoms with E-state index in [9.17, 15) is 4.79 Å². The van der Waals surface area contributed by atoms with Crippen LogP contribution in [0.4, 0.5) is 0 Å². The second kappa shape index (κ2) is 5.89. The lowest BCUT2D eigenvalue weighted by molar-refractivity contribution is 0.0911. The van der Waals surface area contributed by atoms with Gasteiger partial charge in [0.2, 0.25) is 0 Å². The standard InChI is InChI=1S/C12H14BrClINO/c1-7(14)12(2,3)16-11(17)9-6-8(15)4-5-10(9)13/h4-7H,1-3H3,(H,16,17). The Hall–Kier alpha value is 0.190. The Morgan fingerprint density at radius 2 is 2.12 bits per heavy atom. The van der Waals surface area contributed by atoms with Crippen molar-refractivity contribution in [1.82, 2.24) is 5.32 Å². The lowest BCUT2D eigenvalue weighted by Gasteiger charge is -2.29. The number of hydrogen-bond donors (Lipinski definition) is 1. The number of carbonyl (C=O) groups excluding carboxylic acids is 1. The van der Waals surface area contributed by atoms with Crippen LogP contribution in [0.25, 0.3) is 0 Å². The van der Waals surface area contributed by atoms with Crippen molar-refractivity contribution < 1.29 is 4.79 Å². The van der Waals surface area contributed by atoms with Crippen molar-refractivity contribution in [2.24, 2.45) is 0 Å². The largest absolute Gasteiger partial charge is 0.346 e. The minimum Gasteiger partial charge on any atom is -0.346 e. The maximum absolute atomic E-state index is 12.1. The number of halogens is 3. The molecule has 1 N–H and O–H groups in total. The van der Waals surface area contributed by atoms with Gasteiger partial charge in [-0.2, -0.15) is 0 Å². The average molecular weight is 431 g/mol. The Bertz CT molecular complexity index is 435. The maximum Gasteiger partial charge on any atom is 0.252 e. The molecule has 0 aromatic heterocycles. The third kappa shape index (κ3) is 4.10. The van der Waals surface area contributed by atoms with Gasteiger partial charge in [0.25, 0.3) is 5.91 Å². The molecule has 0 fully saturated rings. The molecular formula is C12H14BrClINO. The molecule has 0 heterocycles. The highest BCUT2D eigenvalue weighted by Gasteiger charge is 2.27. The van der Waals surface area contributed by atoms with Crippen LogP contribution in [0.2, 0.25) is 0 Å². The monoisotopic (exact) mass is 429 g/mol. The second-order valence-electron chi connectivity index (χ2n) is 4.42. The average Bonchev–Trinajstić information content (AvgIpc) is 2.20. The zero-order valence-electron chi connectivity index (χ0n) is 9.85. The minimum atomic E-state index is -0.445. The molecular weight excluding hydrogens is 416 g/mol. The van der Waals surface area contributed by atoms with Crippen LogP contribution in [-0.2, 0) is 0 Å². The maximum atomic E-state index is 12.1. The summed E-state index contributed by atoms with van der Waals surface area (Å²) in [4.78, 5) is 12.1. The summed E-state index contributed by atoms with van der Waals surface area (Å²) in [6.45, 7) is 5.68. The van der Waals surface area contributed by atoms with Crippen LogP contribution in [0.1, 0.15) is 31.1 Å². The summed E-state index contributed by atoms with van der Waals surface area (Å²) >= 11 is 11.6. The molecule has 1 unspecified atom stereocenters. The molecule has 17 heavy (non-hydrogen) atoms. The van der Waals surface area contributed by atoms with Gasteiger partial charge in [0.05, 0.1) is 16.5 Å². The molecule has 1 rings (SSSR count). The first-order valence-corrected chi connectivity index (χ1v) is 7.46. The zero-order valence-corrected chi connectivity index (χ0v) is 14.4. The summed E-state index contributed by atoms with van der Waals surface area (Å²) < 4.78 is 1.81. The van der Waals surface area contributed by atoms with Crippen molar-refractivity contribution >= 4 is 56.0 Å². The summed E-state index contributed by atoms with van der Waals surface area (Å²) in [7, 11) is 0. The van der Waals surface area contributed by atoms with E-state index in [1.54, 1.807) is 0 Å². The van der Waals surface area contributed by atoms with Gasteiger partial charge >= 0.3 is 0 Å². The van der Waals surface area contributed by atoms with Gasteiger partial charge in [-0.25, -0.2) is 0 Å². The van der Waals surface area contributed by atoms with Crippen molar-refractivity contribution in [1.29, 1.82) is 0 Å².